The van der Waals surface area contributed by atoms with E-state index in [9.17, 15) is 4.39 Å². The summed E-state index contributed by atoms with van der Waals surface area (Å²) in [5.74, 6) is 5.46. The molecule has 0 bridgehead atoms. The van der Waals surface area contributed by atoms with Crippen LogP contribution in [0.3, 0.4) is 0 Å². The predicted octanol–water partition coefficient (Wildman–Crippen LogP) is 7.44. The molecule has 0 aromatic heterocycles. The third-order valence-electron chi connectivity index (χ3n) is 4.45. The Morgan fingerprint density at radius 1 is 0.857 bits per heavy atom. The van der Waals surface area contributed by atoms with Crippen LogP contribution in [0.1, 0.15) is 36.5 Å². The van der Waals surface area contributed by atoms with E-state index in [-0.39, 0.29) is 0 Å². The number of benzene rings is 3. The molecule has 0 saturated heterocycles. The summed E-state index contributed by atoms with van der Waals surface area (Å²) in [4.78, 5) is 0. The zero-order valence-electron chi connectivity index (χ0n) is 15.9. The van der Waals surface area contributed by atoms with Gasteiger partial charge in [-0.3, -0.25) is 0 Å². The van der Waals surface area contributed by atoms with Crippen LogP contribution in [0.2, 0.25) is 5.02 Å². The van der Waals surface area contributed by atoms with Crippen molar-refractivity contribution in [2.24, 2.45) is 0 Å². The second-order valence-corrected chi connectivity index (χ2v) is 7.00. The van der Waals surface area contributed by atoms with E-state index in [0.29, 0.717) is 10.6 Å². The molecule has 3 aromatic carbocycles. The van der Waals surface area contributed by atoms with Crippen LogP contribution < -0.4 is 0 Å². The van der Waals surface area contributed by atoms with Gasteiger partial charge >= 0.3 is 0 Å². The van der Waals surface area contributed by atoms with Crippen LogP contribution in [-0.4, -0.2) is 0 Å². The van der Waals surface area contributed by atoms with Gasteiger partial charge in [0, 0.05) is 10.6 Å². The van der Waals surface area contributed by atoms with E-state index in [1.807, 2.05) is 24.3 Å². The minimum atomic E-state index is -0.401. The highest BCUT2D eigenvalue weighted by atomic mass is 35.5. The maximum Gasteiger partial charge on any atom is 0.140 e. The van der Waals surface area contributed by atoms with E-state index in [0.717, 1.165) is 30.4 Å². The Labute approximate surface area is 171 Å². The lowest BCUT2D eigenvalue weighted by atomic mass is 10.0. The van der Waals surface area contributed by atoms with Gasteiger partial charge in [0.2, 0.25) is 0 Å². The Bertz CT molecular complexity index is 1000. The zero-order valence-corrected chi connectivity index (χ0v) is 16.6. The normalized spacial score (nSPS) is 10.7. The van der Waals surface area contributed by atoms with Crippen LogP contribution in [0.15, 0.2) is 78.9 Å². The highest BCUT2D eigenvalue weighted by Crippen LogP contribution is 2.21. The fraction of sp³-hybridized carbons (Fsp3) is 0.154. The summed E-state index contributed by atoms with van der Waals surface area (Å²) in [6, 6.07) is 21.2. The summed E-state index contributed by atoms with van der Waals surface area (Å²) in [6.07, 6.45) is 7.68. The molecule has 28 heavy (non-hydrogen) atoms. The molecule has 0 aliphatic rings. The smallest absolute Gasteiger partial charge is 0.140 e. The van der Waals surface area contributed by atoms with E-state index < -0.39 is 5.82 Å². The molecule has 0 aliphatic heterocycles. The molecule has 0 spiro atoms. The van der Waals surface area contributed by atoms with Crippen LogP contribution in [-0.2, 0) is 6.42 Å². The molecule has 2 heteroatoms. The van der Waals surface area contributed by atoms with Crippen LogP contribution in [0.25, 0.3) is 11.1 Å². The van der Waals surface area contributed by atoms with Crippen LogP contribution in [0, 0.1) is 17.7 Å². The number of aryl methyl sites for hydroxylation is 1. The molecule has 3 rings (SSSR count). The molecule has 0 heterocycles. The standard InChI is InChI=1S/C26H22ClF/c1-2-3-4-5-6-20-7-12-22(13-8-20)23-14-9-21(10-15-23)11-16-24-17-18-25(27)19-26(24)28/h3-4,7-10,12-15,17-19H,2,5-6H2,1H3. The second kappa shape index (κ2) is 9.93. The lowest BCUT2D eigenvalue weighted by Crippen LogP contribution is -1.85. The molecule has 0 atom stereocenters. The SMILES string of the molecule is CCC=CCCc1ccc(-c2ccc(C#Cc3ccc(Cl)cc3F)cc2)cc1. The lowest BCUT2D eigenvalue weighted by Gasteiger charge is -2.04. The molecule has 0 fully saturated rings. The van der Waals surface area contributed by atoms with Gasteiger partial charge in [-0.25, -0.2) is 4.39 Å². The maximum absolute atomic E-state index is 13.8. The summed E-state index contributed by atoms with van der Waals surface area (Å²) < 4.78 is 13.8. The van der Waals surface area contributed by atoms with Gasteiger partial charge < -0.3 is 0 Å². The largest absolute Gasteiger partial charge is 0.206 e. The summed E-state index contributed by atoms with van der Waals surface area (Å²) in [6.45, 7) is 2.15. The van der Waals surface area contributed by atoms with Crippen LogP contribution in [0.5, 0.6) is 0 Å². The highest BCUT2D eigenvalue weighted by molar-refractivity contribution is 6.30. The minimum absolute atomic E-state index is 0.345. The molecule has 0 nitrogen and oxygen atoms in total. The van der Waals surface area contributed by atoms with Gasteiger partial charge in [-0.1, -0.05) is 78.9 Å². The molecule has 0 unspecified atom stereocenters. The van der Waals surface area contributed by atoms with E-state index in [1.165, 1.54) is 17.2 Å². The monoisotopic (exact) mass is 388 g/mol. The van der Waals surface area contributed by atoms with Crippen molar-refractivity contribution in [2.75, 3.05) is 0 Å². The van der Waals surface area contributed by atoms with Crippen LogP contribution in [0.4, 0.5) is 4.39 Å². The summed E-state index contributed by atoms with van der Waals surface area (Å²) in [7, 11) is 0. The second-order valence-electron chi connectivity index (χ2n) is 6.57. The van der Waals surface area contributed by atoms with Crippen molar-refractivity contribution in [3.8, 4) is 23.0 Å². The molecule has 0 radical (unpaired) electrons. The number of hydrogen-bond acceptors (Lipinski definition) is 0. The van der Waals surface area contributed by atoms with E-state index in [1.54, 1.807) is 12.1 Å². The summed E-state index contributed by atoms with van der Waals surface area (Å²) in [5.41, 5.74) is 4.85. The number of halogens is 2. The van der Waals surface area contributed by atoms with Gasteiger partial charge in [0.15, 0.2) is 0 Å². The van der Waals surface area contributed by atoms with E-state index in [2.05, 4.69) is 55.2 Å². The van der Waals surface area contributed by atoms with Crippen molar-refractivity contribution in [2.45, 2.75) is 26.2 Å². The van der Waals surface area contributed by atoms with Crippen molar-refractivity contribution in [1.82, 2.24) is 0 Å². The van der Waals surface area contributed by atoms with Gasteiger partial charge in [-0.15, -0.1) is 0 Å². The van der Waals surface area contributed by atoms with E-state index in [4.69, 9.17) is 11.6 Å². The maximum atomic E-state index is 13.8. The fourth-order valence-electron chi connectivity index (χ4n) is 2.87. The Morgan fingerprint density at radius 2 is 1.54 bits per heavy atom. The van der Waals surface area contributed by atoms with Gasteiger partial charge in [-0.05, 0) is 66.3 Å². The van der Waals surface area contributed by atoms with Crippen molar-refractivity contribution in [3.63, 3.8) is 0 Å². The van der Waals surface area contributed by atoms with E-state index >= 15 is 0 Å². The highest BCUT2D eigenvalue weighted by Gasteiger charge is 2.00. The zero-order chi connectivity index (χ0) is 19.8. The average molecular weight is 389 g/mol. The topological polar surface area (TPSA) is 0 Å². The lowest BCUT2D eigenvalue weighted by molar-refractivity contribution is 0.624. The Kier molecular flexibility index (Phi) is 7.06. The summed E-state index contributed by atoms with van der Waals surface area (Å²) >= 11 is 5.77. The van der Waals surface area contributed by atoms with Gasteiger partial charge in [-0.2, -0.15) is 0 Å². The average Bonchev–Trinajstić information content (AvgIpc) is 2.72. The first kappa shape index (κ1) is 19.9. The number of allylic oxidation sites excluding steroid dienone is 2. The first-order valence-electron chi connectivity index (χ1n) is 9.47. The Morgan fingerprint density at radius 3 is 2.18 bits per heavy atom. The Hall–Kier alpha value is -2.82. The number of rotatable bonds is 5. The minimum Gasteiger partial charge on any atom is -0.206 e. The molecular weight excluding hydrogens is 367 g/mol. The van der Waals surface area contributed by atoms with Crippen LogP contribution >= 0.6 is 11.6 Å². The first-order chi connectivity index (χ1) is 13.7. The third kappa shape index (κ3) is 5.59. The molecule has 3 aromatic rings. The number of hydrogen-bond donors (Lipinski definition) is 0. The van der Waals surface area contributed by atoms with Crippen molar-refractivity contribution >= 4 is 11.6 Å². The molecule has 0 N–H and O–H groups in total. The predicted molar refractivity (Wildman–Crippen MR) is 117 cm³/mol. The molecule has 0 saturated carbocycles. The van der Waals surface area contributed by atoms with Crippen molar-refractivity contribution in [3.05, 3.63) is 106 Å². The molecule has 140 valence electrons. The third-order valence-corrected chi connectivity index (χ3v) is 4.68. The van der Waals surface area contributed by atoms with Crippen molar-refractivity contribution < 1.29 is 4.39 Å². The molecule has 0 amide bonds. The summed E-state index contributed by atoms with van der Waals surface area (Å²) in [5, 5.41) is 0.371. The van der Waals surface area contributed by atoms with Gasteiger partial charge in [0.05, 0.1) is 5.56 Å². The first-order valence-corrected chi connectivity index (χ1v) is 9.85. The fourth-order valence-corrected chi connectivity index (χ4v) is 3.03. The van der Waals surface area contributed by atoms with Gasteiger partial charge in [0.25, 0.3) is 0 Å². The molecule has 0 aliphatic carbocycles. The van der Waals surface area contributed by atoms with Crippen molar-refractivity contribution in [1.29, 1.82) is 0 Å². The Balaban J connectivity index is 1.67. The molecular formula is C26H22ClF. The quantitative estimate of drug-likeness (QED) is 0.314. The van der Waals surface area contributed by atoms with Gasteiger partial charge in [0.1, 0.15) is 5.82 Å².